The number of imidazole rings is 1. The molecule has 3 aromatic rings. The van der Waals surface area contributed by atoms with Crippen molar-refractivity contribution in [1.82, 2.24) is 19.3 Å². The topological polar surface area (TPSA) is 78.7 Å². The van der Waals surface area contributed by atoms with Gasteiger partial charge in [0.2, 0.25) is 0 Å². The van der Waals surface area contributed by atoms with Gasteiger partial charge >= 0.3 is 6.03 Å². The number of aryl methyl sites for hydroxylation is 2. The summed E-state index contributed by atoms with van der Waals surface area (Å²) in [6.07, 6.45) is 2.51. The lowest BCUT2D eigenvalue weighted by Gasteiger charge is -1.99. The number of carbonyl (C=O) groups is 1. The summed E-state index contributed by atoms with van der Waals surface area (Å²) >= 11 is 0. The van der Waals surface area contributed by atoms with Gasteiger partial charge in [0, 0.05) is 13.2 Å². The standard InChI is InChI=1S/C14H15N5O/c1-3-9-4-5-12-11(8-9)16-13(18(12)2)10-6-7-19(17-10)14(15)20/h4-8H,3H2,1-2H3,(H2,15,20). The van der Waals surface area contributed by atoms with Crippen molar-refractivity contribution in [2.45, 2.75) is 13.3 Å². The number of carbonyl (C=O) groups excluding carboxylic acids is 1. The van der Waals surface area contributed by atoms with Gasteiger partial charge in [-0.3, -0.25) is 0 Å². The molecule has 2 N–H and O–H groups in total. The number of fused-ring (bicyclic) bond motifs is 1. The highest BCUT2D eigenvalue weighted by molar-refractivity contribution is 5.81. The van der Waals surface area contributed by atoms with Gasteiger partial charge in [0.25, 0.3) is 0 Å². The fourth-order valence-electron chi connectivity index (χ4n) is 2.26. The van der Waals surface area contributed by atoms with E-state index in [0.717, 1.165) is 22.1 Å². The molecule has 0 spiro atoms. The molecular formula is C14H15N5O. The molecule has 20 heavy (non-hydrogen) atoms. The first-order valence-corrected chi connectivity index (χ1v) is 6.41. The molecule has 0 atom stereocenters. The number of nitrogens with two attached hydrogens (primary N) is 1. The van der Waals surface area contributed by atoms with Crippen molar-refractivity contribution in [3.8, 4) is 11.5 Å². The van der Waals surface area contributed by atoms with Gasteiger partial charge in [-0.1, -0.05) is 13.0 Å². The number of hydrogen-bond donors (Lipinski definition) is 1. The van der Waals surface area contributed by atoms with Crippen LogP contribution in [0, 0.1) is 0 Å². The van der Waals surface area contributed by atoms with Crippen LogP contribution in [0.1, 0.15) is 12.5 Å². The van der Waals surface area contributed by atoms with Crippen LogP contribution < -0.4 is 5.73 Å². The van der Waals surface area contributed by atoms with Crippen LogP contribution >= 0.6 is 0 Å². The Hall–Kier alpha value is -2.63. The van der Waals surface area contributed by atoms with Crippen molar-refractivity contribution in [3.63, 3.8) is 0 Å². The second-order valence-corrected chi connectivity index (χ2v) is 4.65. The number of hydrogen-bond acceptors (Lipinski definition) is 3. The first-order chi connectivity index (χ1) is 9.60. The van der Waals surface area contributed by atoms with Crippen molar-refractivity contribution in [3.05, 3.63) is 36.0 Å². The van der Waals surface area contributed by atoms with E-state index in [4.69, 9.17) is 5.73 Å². The summed E-state index contributed by atoms with van der Waals surface area (Å²) in [5.41, 5.74) is 9.02. The highest BCUT2D eigenvalue weighted by atomic mass is 16.2. The van der Waals surface area contributed by atoms with E-state index in [-0.39, 0.29) is 0 Å². The van der Waals surface area contributed by atoms with Crippen LogP contribution in [0.3, 0.4) is 0 Å². The predicted octanol–water partition coefficient (Wildman–Crippen LogP) is 1.93. The van der Waals surface area contributed by atoms with Crippen molar-refractivity contribution in [2.24, 2.45) is 12.8 Å². The lowest BCUT2D eigenvalue weighted by molar-refractivity contribution is 0.248. The molecule has 0 saturated carbocycles. The zero-order valence-electron chi connectivity index (χ0n) is 11.4. The number of nitrogens with zero attached hydrogens (tertiary/aromatic N) is 4. The molecule has 6 heteroatoms. The molecule has 0 aliphatic carbocycles. The fraction of sp³-hybridized carbons (Fsp3) is 0.214. The Morgan fingerprint density at radius 1 is 1.35 bits per heavy atom. The van der Waals surface area contributed by atoms with E-state index in [2.05, 4.69) is 35.2 Å². The summed E-state index contributed by atoms with van der Waals surface area (Å²) in [6.45, 7) is 2.11. The molecular weight excluding hydrogens is 254 g/mol. The van der Waals surface area contributed by atoms with E-state index < -0.39 is 6.03 Å². The van der Waals surface area contributed by atoms with Crippen molar-refractivity contribution < 1.29 is 4.79 Å². The molecule has 1 amide bonds. The van der Waals surface area contributed by atoms with Gasteiger partial charge in [0.1, 0.15) is 5.69 Å². The molecule has 0 radical (unpaired) electrons. The number of amides is 1. The minimum Gasteiger partial charge on any atom is -0.350 e. The molecule has 0 saturated heterocycles. The summed E-state index contributed by atoms with van der Waals surface area (Å²) in [6, 6.07) is 7.34. The highest BCUT2D eigenvalue weighted by Crippen LogP contribution is 2.23. The lowest BCUT2D eigenvalue weighted by atomic mass is 10.1. The van der Waals surface area contributed by atoms with E-state index in [9.17, 15) is 4.79 Å². The monoisotopic (exact) mass is 269 g/mol. The van der Waals surface area contributed by atoms with Gasteiger partial charge in [0.15, 0.2) is 5.82 Å². The van der Waals surface area contributed by atoms with Crippen molar-refractivity contribution in [1.29, 1.82) is 0 Å². The molecule has 0 aliphatic rings. The Balaban J connectivity index is 2.15. The van der Waals surface area contributed by atoms with E-state index in [1.165, 1.54) is 11.8 Å². The number of primary amides is 1. The van der Waals surface area contributed by atoms with Crippen molar-refractivity contribution in [2.75, 3.05) is 0 Å². The van der Waals surface area contributed by atoms with E-state index in [1.54, 1.807) is 6.07 Å². The average Bonchev–Trinajstić information content (AvgIpc) is 3.03. The van der Waals surface area contributed by atoms with Crippen LogP contribution in [-0.4, -0.2) is 25.4 Å². The maximum Gasteiger partial charge on any atom is 0.339 e. The Morgan fingerprint density at radius 2 is 2.15 bits per heavy atom. The van der Waals surface area contributed by atoms with E-state index in [1.807, 2.05) is 11.6 Å². The van der Waals surface area contributed by atoms with Crippen LogP contribution in [0.25, 0.3) is 22.6 Å². The normalized spacial score (nSPS) is 11.1. The summed E-state index contributed by atoms with van der Waals surface area (Å²) in [5, 5.41) is 4.14. The minimum atomic E-state index is -0.608. The van der Waals surface area contributed by atoms with E-state index in [0.29, 0.717) is 11.5 Å². The van der Waals surface area contributed by atoms with Gasteiger partial charge in [0.05, 0.1) is 11.0 Å². The highest BCUT2D eigenvalue weighted by Gasteiger charge is 2.13. The Bertz CT molecular complexity index is 799. The average molecular weight is 269 g/mol. The largest absolute Gasteiger partial charge is 0.350 e. The summed E-state index contributed by atoms with van der Waals surface area (Å²) < 4.78 is 3.06. The van der Waals surface area contributed by atoms with E-state index >= 15 is 0 Å². The van der Waals surface area contributed by atoms with Crippen LogP contribution in [0.2, 0.25) is 0 Å². The first kappa shape index (κ1) is 12.4. The third-order valence-electron chi connectivity index (χ3n) is 3.40. The molecule has 1 aromatic carbocycles. The maximum absolute atomic E-state index is 11.1. The third-order valence-corrected chi connectivity index (χ3v) is 3.40. The number of rotatable bonds is 2. The zero-order valence-corrected chi connectivity index (χ0v) is 11.4. The van der Waals surface area contributed by atoms with Gasteiger partial charge in [-0.15, -0.1) is 0 Å². The predicted molar refractivity (Wildman–Crippen MR) is 76.3 cm³/mol. The van der Waals surface area contributed by atoms with Crippen LogP contribution in [0.4, 0.5) is 4.79 Å². The molecule has 0 unspecified atom stereocenters. The molecule has 0 aliphatic heterocycles. The Morgan fingerprint density at radius 3 is 2.80 bits per heavy atom. The summed E-state index contributed by atoms with van der Waals surface area (Å²) in [4.78, 5) is 15.7. The smallest absolute Gasteiger partial charge is 0.339 e. The number of aromatic nitrogens is 4. The Labute approximate surface area is 115 Å². The SMILES string of the molecule is CCc1ccc2c(c1)nc(-c1ccn(C(N)=O)n1)n2C. The second-order valence-electron chi connectivity index (χ2n) is 4.65. The molecule has 0 fully saturated rings. The quantitative estimate of drug-likeness (QED) is 0.772. The van der Waals surface area contributed by atoms with Crippen molar-refractivity contribution >= 4 is 17.1 Å². The Kier molecular flexibility index (Phi) is 2.78. The summed E-state index contributed by atoms with van der Waals surface area (Å²) in [7, 11) is 1.93. The van der Waals surface area contributed by atoms with Crippen LogP contribution in [0.15, 0.2) is 30.5 Å². The molecule has 3 rings (SSSR count). The second kappa shape index (κ2) is 4.48. The van der Waals surface area contributed by atoms with Gasteiger partial charge in [-0.2, -0.15) is 9.78 Å². The summed E-state index contributed by atoms with van der Waals surface area (Å²) in [5.74, 6) is 0.716. The molecule has 2 heterocycles. The number of benzene rings is 1. The molecule has 0 bridgehead atoms. The minimum absolute atomic E-state index is 0.608. The molecule has 2 aromatic heterocycles. The fourth-order valence-corrected chi connectivity index (χ4v) is 2.26. The van der Waals surface area contributed by atoms with Gasteiger partial charge < -0.3 is 10.3 Å². The molecule has 102 valence electrons. The van der Waals surface area contributed by atoms with Gasteiger partial charge in [-0.05, 0) is 30.2 Å². The first-order valence-electron chi connectivity index (χ1n) is 6.41. The maximum atomic E-state index is 11.1. The zero-order chi connectivity index (χ0) is 14.3. The lowest BCUT2D eigenvalue weighted by Crippen LogP contribution is -2.19. The van der Waals surface area contributed by atoms with Crippen LogP contribution in [-0.2, 0) is 13.5 Å². The van der Waals surface area contributed by atoms with Crippen LogP contribution in [0.5, 0.6) is 0 Å². The molecule has 6 nitrogen and oxygen atoms in total. The van der Waals surface area contributed by atoms with Gasteiger partial charge in [-0.25, -0.2) is 9.78 Å². The third kappa shape index (κ3) is 1.85.